The number of amides is 1. The summed E-state index contributed by atoms with van der Waals surface area (Å²) in [5.74, 6) is -0.00250. The number of ether oxygens (including phenoxy) is 1. The fourth-order valence-corrected chi connectivity index (χ4v) is 13.3. The molecule has 0 saturated heterocycles. The monoisotopic (exact) mass is 1250 g/mol. The molecule has 0 aromatic heterocycles. The number of hydrogen-bond donors (Lipinski definition) is 3. The highest BCUT2D eigenvalue weighted by atomic mass is 16.5. The Hall–Kier alpha value is -1.66. The Balaban J connectivity index is 3.33. The van der Waals surface area contributed by atoms with E-state index in [0.29, 0.717) is 25.9 Å². The van der Waals surface area contributed by atoms with E-state index in [9.17, 15) is 19.8 Å². The van der Waals surface area contributed by atoms with Gasteiger partial charge in [0, 0.05) is 12.8 Å². The molecule has 0 rings (SSSR count). The van der Waals surface area contributed by atoms with Crippen molar-refractivity contribution >= 4 is 11.9 Å². The van der Waals surface area contributed by atoms with Gasteiger partial charge in [-0.25, -0.2) is 0 Å². The van der Waals surface area contributed by atoms with Gasteiger partial charge in [-0.15, -0.1) is 0 Å². The first kappa shape index (κ1) is 87.3. The first-order chi connectivity index (χ1) is 44.0. The Morgan fingerprint density at radius 2 is 0.562 bits per heavy atom. The van der Waals surface area contributed by atoms with Crippen LogP contribution in [0, 0.1) is 0 Å². The Kier molecular flexibility index (Phi) is 77.3. The molecule has 0 bridgehead atoms. The maximum atomic E-state index is 12.5. The number of unbranched alkanes of at least 4 members (excludes halogenated alkanes) is 63. The van der Waals surface area contributed by atoms with Gasteiger partial charge in [0.1, 0.15) is 0 Å². The lowest BCUT2D eigenvalue weighted by atomic mass is 10.0. The summed E-state index contributed by atoms with van der Waals surface area (Å²) in [4.78, 5) is 24.6. The molecular formula is C83H161NO5. The van der Waals surface area contributed by atoms with Crippen molar-refractivity contribution in [1.82, 2.24) is 5.32 Å². The van der Waals surface area contributed by atoms with Gasteiger partial charge in [0.25, 0.3) is 0 Å². The normalized spacial score (nSPS) is 12.5. The van der Waals surface area contributed by atoms with E-state index in [1.807, 2.05) is 0 Å². The molecule has 0 aromatic rings. The molecule has 0 spiro atoms. The molecule has 528 valence electrons. The van der Waals surface area contributed by atoms with E-state index in [1.54, 1.807) is 0 Å². The molecule has 0 aliphatic carbocycles. The second-order valence-corrected chi connectivity index (χ2v) is 28.5. The van der Waals surface area contributed by atoms with Crippen LogP contribution in [0.25, 0.3) is 0 Å². The standard InChI is InChI=1S/C83H161NO5/c1-3-5-7-9-11-13-15-17-19-44-49-53-57-61-65-69-73-77-83(88)89-78-74-70-66-62-58-54-50-46-43-41-39-37-35-33-31-29-27-25-23-21-22-24-26-28-30-32-34-36-38-40-42-45-48-52-56-60-64-68-72-76-82(87)84-80(79-85)81(86)75-71-67-63-59-55-51-47-20-18-16-14-12-10-8-6-4-2/h21-22,25,27,80-81,85-86H,3-20,23-24,26,28-79H2,1-2H3,(H,84,87)/b22-21-,27-25-. The topological polar surface area (TPSA) is 95.9 Å². The van der Waals surface area contributed by atoms with E-state index < -0.39 is 12.1 Å². The average molecular weight is 1250 g/mol. The van der Waals surface area contributed by atoms with E-state index in [0.717, 1.165) is 44.9 Å². The van der Waals surface area contributed by atoms with Crippen LogP contribution >= 0.6 is 0 Å². The Morgan fingerprint density at radius 1 is 0.315 bits per heavy atom. The number of carbonyl (C=O) groups excluding carboxylic acids is 2. The number of nitrogens with one attached hydrogen (secondary N) is 1. The van der Waals surface area contributed by atoms with Gasteiger partial charge in [0.2, 0.25) is 5.91 Å². The zero-order chi connectivity index (χ0) is 64.2. The molecule has 0 aliphatic rings. The minimum atomic E-state index is -0.662. The fourth-order valence-electron chi connectivity index (χ4n) is 13.3. The van der Waals surface area contributed by atoms with Crippen molar-refractivity contribution in [2.45, 2.75) is 482 Å². The molecule has 2 unspecified atom stereocenters. The summed E-state index contributed by atoms with van der Waals surface area (Å²) in [6.45, 7) is 5.01. The number of hydrogen-bond acceptors (Lipinski definition) is 5. The van der Waals surface area contributed by atoms with Crippen LogP contribution in [-0.2, 0) is 14.3 Å². The summed E-state index contributed by atoms with van der Waals surface area (Å²) < 4.78 is 5.52. The van der Waals surface area contributed by atoms with Crippen molar-refractivity contribution < 1.29 is 24.5 Å². The summed E-state index contributed by atoms with van der Waals surface area (Å²) >= 11 is 0. The summed E-state index contributed by atoms with van der Waals surface area (Å²) in [7, 11) is 0. The Bertz CT molecular complexity index is 1400. The van der Waals surface area contributed by atoms with Crippen LogP contribution in [0.4, 0.5) is 0 Å². The minimum Gasteiger partial charge on any atom is -0.466 e. The maximum Gasteiger partial charge on any atom is 0.305 e. The third-order valence-electron chi connectivity index (χ3n) is 19.5. The highest BCUT2D eigenvalue weighted by molar-refractivity contribution is 5.76. The van der Waals surface area contributed by atoms with Crippen molar-refractivity contribution in [2.75, 3.05) is 13.2 Å². The van der Waals surface area contributed by atoms with Gasteiger partial charge >= 0.3 is 5.97 Å². The molecule has 2 atom stereocenters. The molecular weight excluding hydrogens is 1090 g/mol. The quantitative estimate of drug-likeness (QED) is 0.0320. The lowest BCUT2D eigenvalue weighted by molar-refractivity contribution is -0.143. The van der Waals surface area contributed by atoms with Crippen LogP contribution in [0.1, 0.15) is 470 Å². The van der Waals surface area contributed by atoms with E-state index in [2.05, 4.69) is 43.5 Å². The van der Waals surface area contributed by atoms with Gasteiger partial charge in [0.05, 0.1) is 25.4 Å². The van der Waals surface area contributed by atoms with Crippen LogP contribution < -0.4 is 5.32 Å². The molecule has 1 amide bonds. The van der Waals surface area contributed by atoms with Crippen molar-refractivity contribution in [3.05, 3.63) is 24.3 Å². The molecule has 0 aliphatic heterocycles. The predicted octanol–water partition coefficient (Wildman–Crippen LogP) is 27.2. The summed E-state index contributed by atoms with van der Waals surface area (Å²) in [5.41, 5.74) is 0. The number of allylic oxidation sites excluding steroid dienone is 4. The number of aliphatic hydroxyl groups is 2. The maximum absolute atomic E-state index is 12.5. The largest absolute Gasteiger partial charge is 0.466 e. The zero-order valence-electron chi connectivity index (χ0n) is 60.7. The van der Waals surface area contributed by atoms with Gasteiger partial charge in [-0.1, -0.05) is 423 Å². The van der Waals surface area contributed by atoms with Gasteiger partial charge in [-0.3, -0.25) is 9.59 Å². The summed E-state index contributed by atoms with van der Waals surface area (Å²) in [5, 5.41) is 23.4. The van der Waals surface area contributed by atoms with Crippen LogP contribution in [0.2, 0.25) is 0 Å². The highest BCUT2D eigenvalue weighted by Gasteiger charge is 2.20. The van der Waals surface area contributed by atoms with Crippen LogP contribution in [0.3, 0.4) is 0 Å². The molecule has 0 aromatic carbocycles. The van der Waals surface area contributed by atoms with Gasteiger partial charge in [-0.05, 0) is 57.8 Å². The molecule has 3 N–H and O–H groups in total. The van der Waals surface area contributed by atoms with Crippen LogP contribution in [-0.4, -0.2) is 47.4 Å². The molecule has 0 heterocycles. The predicted molar refractivity (Wildman–Crippen MR) is 393 cm³/mol. The van der Waals surface area contributed by atoms with Crippen molar-refractivity contribution in [1.29, 1.82) is 0 Å². The molecule has 0 radical (unpaired) electrons. The first-order valence-corrected chi connectivity index (χ1v) is 41.1. The highest BCUT2D eigenvalue weighted by Crippen LogP contribution is 2.20. The third-order valence-corrected chi connectivity index (χ3v) is 19.5. The lowest BCUT2D eigenvalue weighted by Crippen LogP contribution is -2.45. The van der Waals surface area contributed by atoms with Gasteiger partial charge in [-0.2, -0.15) is 0 Å². The van der Waals surface area contributed by atoms with E-state index >= 15 is 0 Å². The van der Waals surface area contributed by atoms with Crippen molar-refractivity contribution in [2.24, 2.45) is 0 Å². The Labute approximate surface area is 558 Å². The number of carbonyl (C=O) groups is 2. The summed E-state index contributed by atoms with van der Waals surface area (Å²) in [6.07, 6.45) is 101. The second kappa shape index (κ2) is 78.8. The third kappa shape index (κ3) is 75.3. The molecule has 6 nitrogen and oxygen atoms in total. The van der Waals surface area contributed by atoms with Crippen LogP contribution in [0.5, 0.6) is 0 Å². The molecule has 6 heteroatoms. The number of rotatable bonds is 78. The summed E-state index contributed by atoms with van der Waals surface area (Å²) in [6, 6.07) is -0.539. The lowest BCUT2D eigenvalue weighted by Gasteiger charge is -2.22. The fraction of sp³-hybridized carbons (Fsp3) is 0.928. The number of esters is 1. The van der Waals surface area contributed by atoms with Crippen molar-refractivity contribution in [3.8, 4) is 0 Å². The van der Waals surface area contributed by atoms with Crippen molar-refractivity contribution in [3.63, 3.8) is 0 Å². The zero-order valence-corrected chi connectivity index (χ0v) is 60.7. The minimum absolute atomic E-state index is 0.0253. The van der Waals surface area contributed by atoms with E-state index in [4.69, 9.17) is 4.74 Å². The average Bonchev–Trinajstić information content (AvgIpc) is 3.62. The first-order valence-electron chi connectivity index (χ1n) is 41.1. The second-order valence-electron chi connectivity index (χ2n) is 28.5. The van der Waals surface area contributed by atoms with E-state index in [1.165, 1.54) is 392 Å². The van der Waals surface area contributed by atoms with E-state index in [-0.39, 0.29) is 18.5 Å². The number of aliphatic hydroxyl groups excluding tert-OH is 2. The van der Waals surface area contributed by atoms with Crippen LogP contribution in [0.15, 0.2) is 24.3 Å². The Morgan fingerprint density at radius 3 is 0.854 bits per heavy atom. The molecule has 0 fully saturated rings. The van der Waals surface area contributed by atoms with Gasteiger partial charge in [0.15, 0.2) is 0 Å². The SMILES string of the molecule is CCCCCCCCCCCCCCCCCCCC(=O)OCCCCCCCCCCCCCCCCC/C=C\C/C=C\CCCCCCCCCCCCCCCCCCCC(=O)NC(CO)C(O)CCCCCCCCCCCCCCCCCC. The smallest absolute Gasteiger partial charge is 0.305 e. The van der Waals surface area contributed by atoms with Gasteiger partial charge < -0.3 is 20.3 Å². The molecule has 89 heavy (non-hydrogen) atoms. The molecule has 0 saturated carbocycles.